The van der Waals surface area contributed by atoms with E-state index in [0.29, 0.717) is 0 Å². The molecule has 0 aliphatic carbocycles. The zero-order valence-electron chi connectivity index (χ0n) is 12.4. The van der Waals surface area contributed by atoms with Crippen LogP contribution >= 0.6 is 31.9 Å². The smallest absolute Gasteiger partial charge is 0.134 e. The quantitative estimate of drug-likeness (QED) is 0.567. The molecule has 0 aliphatic heterocycles. The molecule has 2 nitrogen and oxygen atoms in total. The van der Waals surface area contributed by atoms with Crippen LogP contribution in [0.2, 0.25) is 0 Å². The molecule has 1 unspecified atom stereocenters. The van der Waals surface area contributed by atoms with E-state index in [2.05, 4.69) is 31.9 Å². The van der Waals surface area contributed by atoms with Crippen LogP contribution < -0.4 is 0 Å². The van der Waals surface area contributed by atoms with E-state index in [4.69, 9.17) is 4.42 Å². The minimum absolute atomic E-state index is 0.716. The van der Waals surface area contributed by atoms with Gasteiger partial charge in [0.2, 0.25) is 0 Å². The summed E-state index contributed by atoms with van der Waals surface area (Å²) in [6.07, 6.45) is 0.0294. The van der Waals surface area contributed by atoms with Gasteiger partial charge >= 0.3 is 0 Å². The molecule has 22 heavy (non-hydrogen) atoms. The Morgan fingerprint density at radius 2 is 1.77 bits per heavy atom. The number of benzene rings is 2. The van der Waals surface area contributed by atoms with Gasteiger partial charge in [0.25, 0.3) is 0 Å². The number of rotatable bonds is 3. The topological polar surface area (TPSA) is 33.4 Å². The molecule has 3 aromatic rings. The van der Waals surface area contributed by atoms with E-state index in [0.717, 1.165) is 48.8 Å². The first-order chi connectivity index (χ1) is 10.5. The summed E-state index contributed by atoms with van der Waals surface area (Å²) in [5.74, 6) is 0.835. The predicted octanol–water partition coefficient (Wildman–Crippen LogP) is 5.91. The van der Waals surface area contributed by atoms with E-state index in [1.54, 1.807) is 0 Å². The highest BCUT2D eigenvalue weighted by Gasteiger charge is 2.22. The molecule has 2 aromatic carbocycles. The highest BCUT2D eigenvalue weighted by atomic mass is 79.9. The summed E-state index contributed by atoms with van der Waals surface area (Å²) in [5, 5.41) is 11.9. The average Bonchev–Trinajstić information content (AvgIpc) is 2.89. The normalized spacial score (nSPS) is 12.8. The summed E-state index contributed by atoms with van der Waals surface area (Å²) in [5.41, 5.74) is 3.63. The van der Waals surface area contributed by atoms with Crippen molar-refractivity contribution in [3.8, 4) is 0 Å². The first-order valence-corrected chi connectivity index (χ1v) is 8.75. The summed E-state index contributed by atoms with van der Waals surface area (Å²) in [6.45, 7) is 4.06. The van der Waals surface area contributed by atoms with Crippen LogP contribution in [0.25, 0.3) is 11.0 Å². The molecule has 0 aliphatic rings. The fourth-order valence-electron chi connectivity index (χ4n) is 2.67. The molecule has 0 spiro atoms. The van der Waals surface area contributed by atoms with Gasteiger partial charge in [0.05, 0.1) is 0 Å². The third-order valence-electron chi connectivity index (χ3n) is 3.92. The van der Waals surface area contributed by atoms with Crippen LogP contribution in [0, 0.1) is 6.92 Å². The Kier molecular flexibility index (Phi) is 4.44. The van der Waals surface area contributed by atoms with Crippen molar-refractivity contribution in [2.45, 2.75) is 26.4 Å². The number of fused-ring (bicyclic) bond motifs is 1. The third kappa shape index (κ3) is 2.64. The second-order valence-corrected chi connectivity index (χ2v) is 7.01. The summed E-state index contributed by atoms with van der Waals surface area (Å²) < 4.78 is 7.84. The van der Waals surface area contributed by atoms with E-state index in [-0.39, 0.29) is 0 Å². The predicted molar refractivity (Wildman–Crippen MR) is 96.2 cm³/mol. The van der Waals surface area contributed by atoms with E-state index in [9.17, 15) is 5.11 Å². The van der Waals surface area contributed by atoms with Crippen molar-refractivity contribution in [2.75, 3.05) is 0 Å². The Bertz CT molecular complexity index is 813. The Balaban J connectivity index is 2.18. The van der Waals surface area contributed by atoms with Gasteiger partial charge in [-0.05, 0) is 36.2 Å². The van der Waals surface area contributed by atoms with Crippen molar-refractivity contribution in [3.63, 3.8) is 0 Å². The Hall–Kier alpha value is -1.10. The number of hydrogen-bond acceptors (Lipinski definition) is 2. The minimum Gasteiger partial charge on any atom is -0.461 e. The van der Waals surface area contributed by atoms with E-state index < -0.39 is 6.10 Å². The lowest BCUT2D eigenvalue weighted by atomic mass is 9.97. The zero-order valence-corrected chi connectivity index (χ0v) is 15.5. The summed E-state index contributed by atoms with van der Waals surface area (Å²) in [7, 11) is 0. The Morgan fingerprint density at radius 1 is 1.14 bits per heavy atom. The van der Waals surface area contributed by atoms with Crippen LogP contribution in [0.5, 0.6) is 0 Å². The summed E-state index contributed by atoms with van der Waals surface area (Å²) in [4.78, 5) is 0. The lowest BCUT2D eigenvalue weighted by molar-refractivity contribution is 0.218. The highest BCUT2D eigenvalue weighted by molar-refractivity contribution is 9.11. The molecule has 0 amide bonds. The van der Waals surface area contributed by atoms with Gasteiger partial charge in [-0.3, -0.25) is 0 Å². The largest absolute Gasteiger partial charge is 0.461 e. The van der Waals surface area contributed by atoms with Gasteiger partial charge < -0.3 is 9.52 Å². The number of hydrogen-bond donors (Lipinski definition) is 1. The van der Waals surface area contributed by atoms with Crippen LogP contribution in [-0.2, 0) is 6.42 Å². The van der Waals surface area contributed by atoms with Crippen LogP contribution in [0.3, 0.4) is 0 Å². The van der Waals surface area contributed by atoms with Crippen molar-refractivity contribution in [2.24, 2.45) is 0 Å². The van der Waals surface area contributed by atoms with Gasteiger partial charge in [-0.25, -0.2) is 0 Å². The van der Waals surface area contributed by atoms with Gasteiger partial charge in [-0.15, -0.1) is 0 Å². The summed E-state index contributed by atoms with van der Waals surface area (Å²) in [6, 6.07) is 11.8. The number of halogens is 2. The van der Waals surface area contributed by atoms with Crippen LogP contribution in [0.1, 0.15) is 35.5 Å². The van der Waals surface area contributed by atoms with E-state index in [1.807, 2.05) is 50.2 Å². The molecule has 1 N–H and O–H groups in total. The number of furan rings is 1. The number of aliphatic hydroxyl groups excluding tert-OH is 1. The lowest BCUT2D eigenvalue weighted by Crippen LogP contribution is -2.02. The molecule has 1 aromatic heterocycles. The average molecular weight is 424 g/mol. The van der Waals surface area contributed by atoms with Crippen molar-refractivity contribution >= 4 is 42.8 Å². The van der Waals surface area contributed by atoms with Gasteiger partial charge in [-0.1, -0.05) is 57.0 Å². The van der Waals surface area contributed by atoms with Crippen LogP contribution in [0.15, 0.2) is 49.8 Å². The molecule has 0 fully saturated rings. The number of aryl methyl sites for hydroxylation is 1. The summed E-state index contributed by atoms with van der Waals surface area (Å²) >= 11 is 7.10. The third-order valence-corrected chi connectivity index (χ3v) is 5.57. The van der Waals surface area contributed by atoms with Crippen LogP contribution in [0.4, 0.5) is 0 Å². The first kappa shape index (κ1) is 15.8. The molecule has 0 saturated heterocycles. The second kappa shape index (κ2) is 6.19. The first-order valence-electron chi connectivity index (χ1n) is 7.16. The standard InChI is InChI=1S/C18H16Br2O2/c1-3-15-17(12-6-4-5-7-16(12)22-15)18(21)11-8-13(19)10(2)14(20)9-11/h4-9,18,21H,3H2,1-2H3. The van der Waals surface area contributed by atoms with Gasteiger partial charge in [0, 0.05) is 26.3 Å². The maximum atomic E-state index is 10.9. The van der Waals surface area contributed by atoms with E-state index >= 15 is 0 Å². The van der Waals surface area contributed by atoms with Gasteiger partial charge in [-0.2, -0.15) is 0 Å². The monoisotopic (exact) mass is 422 g/mol. The SMILES string of the molecule is CCc1oc2ccccc2c1C(O)c1cc(Br)c(C)c(Br)c1. The number of aliphatic hydroxyl groups is 1. The molecule has 0 radical (unpaired) electrons. The molecule has 4 heteroatoms. The fourth-order valence-corrected chi connectivity index (χ4v) is 3.89. The maximum Gasteiger partial charge on any atom is 0.134 e. The maximum absolute atomic E-state index is 10.9. The molecular formula is C18H16Br2O2. The second-order valence-electron chi connectivity index (χ2n) is 5.30. The van der Waals surface area contributed by atoms with Crippen molar-refractivity contribution in [1.29, 1.82) is 0 Å². The van der Waals surface area contributed by atoms with E-state index in [1.165, 1.54) is 0 Å². The molecule has 0 bridgehead atoms. The Morgan fingerprint density at radius 3 is 2.41 bits per heavy atom. The van der Waals surface area contributed by atoms with Gasteiger partial charge in [0.15, 0.2) is 0 Å². The molecule has 114 valence electrons. The van der Waals surface area contributed by atoms with Crippen molar-refractivity contribution in [1.82, 2.24) is 0 Å². The van der Waals surface area contributed by atoms with Crippen LogP contribution in [-0.4, -0.2) is 5.11 Å². The molecule has 0 saturated carbocycles. The zero-order chi connectivity index (χ0) is 15.9. The minimum atomic E-state index is -0.716. The fraction of sp³-hybridized carbons (Fsp3) is 0.222. The Labute approximate surface area is 146 Å². The van der Waals surface area contributed by atoms with Crippen molar-refractivity contribution in [3.05, 3.63) is 67.8 Å². The molecular weight excluding hydrogens is 408 g/mol. The van der Waals surface area contributed by atoms with Crippen molar-refractivity contribution < 1.29 is 9.52 Å². The lowest BCUT2D eigenvalue weighted by Gasteiger charge is -2.14. The van der Waals surface area contributed by atoms with Gasteiger partial charge in [0.1, 0.15) is 17.4 Å². The molecule has 3 rings (SSSR count). The highest BCUT2D eigenvalue weighted by Crippen LogP contribution is 2.37. The number of para-hydroxylation sites is 1. The molecule has 1 atom stereocenters. The molecule has 1 heterocycles.